The van der Waals surface area contributed by atoms with Crippen LogP contribution in [0.4, 0.5) is 11.8 Å². The maximum Gasteiger partial charge on any atom is 0.222 e. The molecule has 88 valence electrons. The number of nitrogen functional groups attached to an aromatic ring is 1. The molecule has 0 spiro atoms. The van der Waals surface area contributed by atoms with Crippen LogP contribution in [-0.4, -0.2) is 27.5 Å². The Kier molecular flexibility index (Phi) is 3.53. The number of nitrogens with two attached hydrogens (primary N) is 1. The molecule has 16 heavy (non-hydrogen) atoms. The monoisotopic (exact) mass is 238 g/mol. The van der Waals surface area contributed by atoms with Crippen LogP contribution in [-0.2, 0) is 0 Å². The molecule has 0 aliphatic heterocycles. The van der Waals surface area contributed by atoms with Crippen molar-refractivity contribution in [1.29, 1.82) is 0 Å². The Hall–Kier alpha value is -0.970. The van der Waals surface area contributed by atoms with Crippen molar-refractivity contribution in [1.82, 2.24) is 9.97 Å². The minimum absolute atomic E-state index is 0.349. The largest absolute Gasteiger partial charge is 0.368 e. The maximum atomic E-state index is 5.62. The van der Waals surface area contributed by atoms with Gasteiger partial charge in [0, 0.05) is 23.1 Å². The lowest BCUT2D eigenvalue weighted by molar-refractivity contribution is 0.751. The average Bonchev–Trinajstić information content (AvgIpc) is 2.64. The fraction of sp³-hybridized carbons (Fsp3) is 0.636. The zero-order chi connectivity index (χ0) is 11.5. The third-order valence-corrected chi connectivity index (χ3v) is 4.04. The third-order valence-electron chi connectivity index (χ3n) is 2.94. The second-order valence-corrected chi connectivity index (χ2v) is 5.40. The summed E-state index contributed by atoms with van der Waals surface area (Å²) >= 11 is 1.96. The van der Waals surface area contributed by atoms with Gasteiger partial charge >= 0.3 is 0 Å². The number of thioether (sulfide) groups is 1. The van der Waals surface area contributed by atoms with Gasteiger partial charge < -0.3 is 11.1 Å². The summed E-state index contributed by atoms with van der Waals surface area (Å²) in [4.78, 5) is 8.26. The molecule has 1 heterocycles. The van der Waals surface area contributed by atoms with Gasteiger partial charge in [0.1, 0.15) is 5.82 Å². The van der Waals surface area contributed by atoms with Crippen LogP contribution in [0.2, 0.25) is 0 Å². The predicted molar refractivity (Wildman–Crippen MR) is 69.7 cm³/mol. The van der Waals surface area contributed by atoms with E-state index in [9.17, 15) is 0 Å². The quantitative estimate of drug-likeness (QED) is 0.844. The number of hydrogen-bond donors (Lipinski definition) is 2. The third kappa shape index (κ3) is 2.78. The molecule has 2 unspecified atom stereocenters. The summed E-state index contributed by atoms with van der Waals surface area (Å²) < 4.78 is 0. The van der Waals surface area contributed by atoms with Crippen molar-refractivity contribution in [3.63, 3.8) is 0 Å². The molecule has 2 atom stereocenters. The molecular weight excluding hydrogens is 220 g/mol. The first kappa shape index (κ1) is 11.5. The van der Waals surface area contributed by atoms with Gasteiger partial charge in [0.25, 0.3) is 0 Å². The molecule has 3 N–H and O–H groups in total. The number of nitrogens with one attached hydrogen (secondary N) is 1. The lowest BCUT2D eigenvalue weighted by Crippen LogP contribution is -2.17. The van der Waals surface area contributed by atoms with E-state index in [-0.39, 0.29) is 0 Å². The zero-order valence-corrected chi connectivity index (χ0v) is 10.5. The van der Waals surface area contributed by atoms with E-state index in [0.29, 0.717) is 12.0 Å². The maximum absolute atomic E-state index is 5.62. The van der Waals surface area contributed by atoms with Crippen LogP contribution < -0.4 is 11.1 Å². The first-order valence-electron chi connectivity index (χ1n) is 5.58. The molecule has 1 aliphatic carbocycles. The van der Waals surface area contributed by atoms with Crippen LogP contribution in [0.15, 0.2) is 6.07 Å². The van der Waals surface area contributed by atoms with Gasteiger partial charge in [-0.25, -0.2) is 4.98 Å². The van der Waals surface area contributed by atoms with Crippen molar-refractivity contribution in [3.05, 3.63) is 11.8 Å². The molecule has 1 aliphatic rings. The molecule has 1 aromatic heterocycles. The molecule has 2 rings (SSSR count). The van der Waals surface area contributed by atoms with Gasteiger partial charge in [-0.3, -0.25) is 0 Å². The Morgan fingerprint density at radius 1 is 1.44 bits per heavy atom. The summed E-state index contributed by atoms with van der Waals surface area (Å²) in [6.07, 6.45) is 5.90. The van der Waals surface area contributed by atoms with Crippen molar-refractivity contribution in [3.8, 4) is 0 Å². The number of aromatic nitrogens is 2. The number of hydrogen-bond acceptors (Lipinski definition) is 5. The van der Waals surface area contributed by atoms with E-state index < -0.39 is 0 Å². The van der Waals surface area contributed by atoms with Crippen LogP contribution in [0.1, 0.15) is 25.0 Å². The van der Waals surface area contributed by atoms with E-state index in [0.717, 1.165) is 16.8 Å². The first-order chi connectivity index (χ1) is 7.67. The molecule has 0 radical (unpaired) electrons. The molecule has 1 fully saturated rings. The summed E-state index contributed by atoms with van der Waals surface area (Å²) in [5, 5.41) is 4.23. The SMILES string of the molecule is CSC1CCC(Nc2cc(C)nc(N)n2)C1. The van der Waals surface area contributed by atoms with Gasteiger partial charge in [0.15, 0.2) is 0 Å². The Bertz CT molecular complexity index is 349. The van der Waals surface area contributed by atoms with E-state index >= 15 is 0 Å². The van der Waals surface area contributed by atoms with E-state index in [1.807, 2.05) is 24.8 Å². The Labute approximate surface area is 100 Å². The molecule has 5 heteroatoms. The van der Waals surface area contributed by atoms with E-state index in [4.69, 9.17) is 5.73 Å². The van der Waals surface area contributed by atoms with E-state index in [1.165, 1.54) is 19.3 Å². The summed E-state index contributed by atoms with van der Waals surface area (Å²) in [7, 11) is 0. The van der Waals surface area contributed by atoms with Crippen LogP contribution in [0, 0.1) is 6.92 Å². The van der Waals surface area contributed by atoms with Crippen molar-refractivity contribution >= 4 is 23.5 Å². The van der Waals surface area contributed by atoms with E-state index in [1.54, 1.807) is 0 Å². The van der Waals surface area contributed by atoms with Crippen molar-refractivity contribution in [2.45, 2.75) is 37.5 Å². The molecule has 0 aromatic carbocycles. The standard InChI is InChI=1S/C11H18N4S/c1-7-5-10(15-11(12)13-7)14-8-3-4-9(6-8)16-2/h5,8-9H,3-4,6H2,1-2H3,(H3,12,13,14,15). The van der Waals surface area contributed by atoms with Crippen molar-refractivity contribution in [2.24, 2.45) is 0 Å². The molecule has 0 bridgehead atoms. The molecule has 4 nitrogen and oxygen atoms in total. The Morgan fingerprint density at radius 3 is 2.88 bits per heavy atom. The summed E-state index contributed by atoms with van der Waals surface area (Å²) in [6, 6.07) is 2.48. The smallest absolute Gasteiger partial charge is 0.222 e. The summed E-state index contributed by atoms with van der Waals surface area (Å²) in [5.41, 5.74) is 6.53. The summed E-state index contributed by atoms with van der Waals surface area (Å²) in [6.45, 7) is 1.93. The average molecular weight is 238 g/mol. The lowest BCUT2D eigenvalue weighted by atomic mass is 10.2. The second-order valence-electron chi connectivity index (χ2n) is 4.26. The highest BCUT2D eigenvalue weighted by Crippen LogP contribution is 2.29. The van der Waals surface area contributed by atoms with Crippen LogP contribution >= 0.6 is 11.8 Å². The van der Waals surface area contributed by atoms with Gasteiger partial charge in [0.05, 0.1) is 0 Å². The molecule has 0 amide bonds. The number of anilines is 2. The van der Waals surface area contributed by atoms with Gasteiger partial charge in [-0.05, 0) is 32.4 Å². The first-order valence-corrected chi connectivity index (χ1v) is 6.86. The van der Waals surface area contributed by atoms with Crippen molar-refractivity contribution < 1.29 is 0 Å². The highest BCUT2D eigenvalue weighted by molar-refractivity contribution is 7.99. The normalized spacial score (nSPS) is 24.6. The number of rotatable bonds is 3. The van der Waals surface area contributed by atoms with Gasteiger partial charge in [0.2, 0.25) is 5.95 Å². The second kappa shape index (κ2) is 4.91. The number of nitrogens with zero attached hydrogens (tertiary/aromatic N) is 2. The zero-order valence-electron chi connectivity index (χ0n) is 9.73. The molecule has 0 saturated heterocycles. The topological polar surface area (TPSA) is 63.8 Å². The van der Waals surface area contributed by atoms with E-state index in [2.05, 4.69) is 21.5 Å². The fourth-order valence-electron chi connectivity index (χ4n) is 2.16. The molecule has 1 saturated carbocycles. The minimum atomic E-state index is 0.349. The van der Waals surface area contributed by atoms with Crippen LogP contribution in [0.3, 0.4) is 0 Å². The minimum Gasteiger partial charge on any atom is -0.368 e. The van der Waals surface area contributed by atoms with Gasteiger partial charge in [-0.1, -0.05) is 0 Å². The number of aryl methyl sites for hydroxylation is 1. The molecular formula is C11H18N4S. The fourth-order valence-corrected chi connectivity index (χ4v) is 2.96. The predicted octanol–water partition coefficient (Wildman–Crippen LogP) is 2.06. The highest BCUT2D eigenvalue weighted by atomic mass is 32.2. The Balaban J connectivity index is 1.99. The van der Waals surface area contributed by atoms with Crippen molar-refractivity contribution in [2.75, 3.05) is 17.3 Å². The van der Waals surface area contributed by atoms with Gasteiger partial charge in [-0.2, -0.15) is 16.7 Å². The van der Waals surface area contributed by atoms with Crippen LogP contribution in [0.25, 0.3) is 0 Å². The summed E-state index contributed by atoms with van der Waals surface area (Å²) in [5.74, 6) is 1.21. The lowest BCUT2D eigenvalue weighted by Gasteiger charge is -2.13. The van der Waals surface area contributed by atoms with Gasteiger partial charge in [-0.15, -0.1) is 0 Å². The molecule has 1 aromatic rings. The highest BCUT2D eigenvalue weighted by Gasteiger charge is 2.23. The van der Waals surface area contributed by atoms with Crippen LogP contribution in [0.5, 0.6) is 0 Å². The Morgan fingerprint density at radius 2 is 2.25 bits per heavy atom.